The van der Waals surface area contributed by atoms with Crippen molar-refractivity contribution in [2.75, 3.05) is 6.61 Å². The molecule has 5 nitrogen and oxygen atoms in total. The van der Waals surface area contributed by atoms with Crippen molar-refractivity contribution in [3.63, 3.8) is 0 Å². The minimum Gasteiger partial charge on any atom is -0.484 e. The van der Waals surface area contributed by atoms with Crippen molar-refractivity contribution in [1.29, 1.82) is 0 Å². The molecule has 0 radical (unpaired) electrons. The van der Waals surface area contributed by atoms with E-state index in [1.807, 2.05) is 72.8 Å². The maximum absolute atomic E-state index is 12.5. The smallest absolute Gasteiger partial charge is 0.277 e. The van der Waals surface area contributed by atoms with Crippen molar-refractivity contribution in [3.8, 4) is 22.7 Å². The molecule has 1 amide bonds. The van der Waals surface area contributed by atoms with Gasteiger partial charge in [-0.05, 0) is 46.9 Å². The van der Waals surface area contributed by atoms with E-state index in [9.17, 15) is 4.79 Å². The molecule has 5 heteroatoms. The highest BCUT2D eigenvalue weighted by molar-refractivity contribution is 6.07. The molecular formula is C33H31N3O2. The van der Waals surface area contributed by atoms with Crippen LogP contribution in [-0.4, -0.2) is 23.3 Å². The number of para-hydroxylation sites is 2. The summed E-state index contributed by atoms with van der Waals surface area (Å²) in [5.41, 5.74) is 9.00. The predicted octanol–water partition coefficient (Wildman–Crippen LogP) is 7.12. The fourth-order valence-corrected chi connectivity index (χ4v) is 4.52. The molecule has 0 saturated heterocycles. The van der Waals surface area contributed by atoms with Gasteiger partial charge in [0.25, 0.3) is 5.91 Å². The van der Waals surface area contributed by atoms with Crippen molar-refractivity contribution in [3.05, 3.63) is 120 Å². The van der Waals surface area contributed by atoms with Gasteiger partial charge in [0.2, 0.25) is 0 Å². The minimum atomic E-state index is -0.325. The Morgan fingerprint density at radius 1 is 0.842 bits per heavy atom. The average Bonchev–Trinajstić information content (AvgIpc) is 3.27. The zero-order valence-corrected chi connectivity index (χ0v) is 21.9. The van der Waals surface area contributed by atoms with Gasteiger partial charge in [-0.15, -0.1) is 0 Å². The van der Waals surface area contributed by atoms with Crippen molar-refractivity contribution in [1.82, 2.24) is 9.99 Å². The van der Waals surface area contributed by atoms with Crippen LogP contribution < -0.4 is 10.2 Å². The molecule has 1 N–H and O–H groups in total. The van der Waals surface area contributed by atoms with Crippen LogP contribution in [0.5, 0.6) is 5.75 Å². The lowest BCUT2D eigenvalue weighted by molar-refractivity contribution is -0.123. The van der Waals surface area contributed by atoms with E-state index in [4.69, 9.17) is 4.74 Å². The molecule has 1 aromatic heterocycles. The number of hydrogen-bond acceptors (Lipinski definition) is 3. The summed E-state index contributed by atoms with van der Waals surface area (Å²) in [4.78, 5) is 12.5. The molecule has 0 aliphatic carbocycles. The number of nitrogens with one attached hydrogen (secondary N) is 1. The minimum absolute atomic E-state index is 0.0624. The Kier molecular flexibility index (Phi) is 7.09. The highest BCUT2D eigenvalue weighted by atomic mass is 16.5. The number of carbonyl (C=O) groups excluding carboxylic acids is 1. The standard InChI is InChI=1S/C33H31N3O2/c1-33(2,3)25-18-20-27(21-19-25)38-23-31(37)35-34-22-29-28-16-10-11-17-30(28)36(26-14-8-5-9-15-26)32(29)24-12-6-4-7-13-24/h4-22H,23H2,1-3H3,(H,35,37). The van der Waals surface area contributed by atoms with Crippen LogP contribution in [0, 0.1) is 0 Å². The molecule has 5 aromatic rings. The van der Waals surface area contributed by atoms with E-state index in [2.05, 4.69) is 72.3 Å². The molecule has 0 saturated carbocycles. The number of aromatic nitrogens is 1. The van der Waals surface area contributed by atoms with E-state index in [1.165, 1.54) is 5.56 Å². The van der Waals surface area contributed by atoms with Crippen LogP contribution in [0.15, 0.2) is 114 Å². The second kappa shape index (κ2) is 10.8. The first kappa shape index (κ1) is 25.0. The Bertz CT molecular complexity index is 1560. The topological polar surface area (TPSA) is 55.6 Å². The first-order valence-electron chi connectivity index (χ1n) is 12.7. The number of rotatable bonds is 7. The molecule has 0 bridgehead atoms. The second-order valence-corrected chi connectivity index (χ2v) is 10.2. The number of hydrogen-bond donors (Lipinski definition) is 1. The van der Waals surface area contributed by atoms with E-state index in [-0.39, 0.29) is 17.9 Å². The fourth-order valence-electron chi connectivity index (χ4n) is 4.52. The second-order valence-electron chi connectivity index (χ2n) is 10.2. The Morgan fingerprint density at radius 3 is 2.16 bits per heavy atom. The van der Waals surface area contributed by atoms with Crippen molar-refractivity contribution < 1.29 is 9.53 Å². The molecule has 0 atom stereocenters. The van der Waals surface area contributed by atoms with Gasteiger partial charge in [0, 0.05) is 16.6 Å². The zero-order valence-electron chi connectivity index (χ0n) is 21.9. The molecule has 190 valence electrons. The third-order valence-corrected chi connectivity index (χ3v) is 6.45. The number of benzene rings is 4. The summed E-state index contributed by atoms with van der Waals surface area (Å²) in [5.74, 6) is 0.323. The van der Waals surface area contributed by atoms with Crippen LogP contribution in [0.1, 0.15) is 31.9 Å². The quantitative estimate of drug-likeness (QED) is 0.191. The van der Waals surface area contributed by atoms with Crippen molar-refractivity contribution >= 4 is 23.0 Å². The van der Waals surface area contributed by atoms with E-state index < -0.39 is 0 Å². The van der Waals surface area contributed by atoms with E-state index in [0.29, 0.717) is 5.75 Å². The summed E-state index contributed by atoms with van der Waals surface area (Å²) in [6.07, 6.45) is 1.72. The Morgan fingerprint density at radius 2 is 1.47 bits per heavy atom. The van der Waals surface area contributed by atoms with E-state index in [0.717, 1.165) is 33.4 Å². The predicted molar refractivity (Wildman–Crippen MR) is 155 cm³/mol. The SMILES string of the molecule is CC(C)(C)c1ccc(OCC(=O)NN=Cc2c(-c3ccccc3)n(-c3ccccc3)c3ccccc23)cc1. The monoisotopic (exact) mass is 501 g/mol. The van der Waals surface area contributed by atoms with Crippen LogP contribution in [0.2, 0.25) is 0 Å². The Hall–Kier alpha value is -4.64. The first-order valence-corrected chi connectivity index (χ1v) is 12.7. The average molecular weight is 502 g/mol. The third-order valence-electron chi connectivity index (χ3n) is 6.45. The molecule has 4 aromatic carbocycles. The first-order chi connectivity index (χ1) is 18.4. The van der Waals surface area contributed by atoms with Crippen molar-refractivity contribution in [2.45, 2.75) is 26.2 Å². The molecule has 38 heavy (non-hydrogen) atoms. The van der Waals surface area contributed by atoms with Gasteiger partial charge in [0.1, 0.15) is 5.75 Å². The van der Waals surface area contributed by atoms with Gasteiger partial charge in [-0.25, -0.2) is 5.43 Å². The normalized spacial score (nSPS) is 11.7. The molecule has 0 aliphatic heterocycles. The molecule has 0 spiro atoms. The van der Waals surface area contributed by atoms with Crippen LogP contribution in [0.25, 0.3) is 27.8 Å². The van der Waals surface area contributed by atoms with Gasteiger partial charge >= 0.3 is 0 Å². The van der Waals surface area contributed by atoms with Gasteiger partial charge < -0.3 is 9.30 Å². The van der Waals surface area contributed by atoms with Gasteiger partial charge in [-0.3, -0.25) is 4.79 Å². The molecule has 0 fully saturated rings. The summed E-state index contributed by atoms with van der Waals surface area (Å²) in [7, 11) is 0. The summed E-state index contributed by atoms with van der Waals surface area (Å²) in [5, 5.41) is 5.37. The molecule has 0 aliphatic rings. The number of carbonyl (C=O) groups is 1. The lowest BCUT2D eigenvalue weighted by atomic mass is 9.87. The lowest BCUT2D eigenvalue weighted by Gasteiger charge is -2.19. The third kappa shape index (κ3) is 5.37. The number of amides is 1. The highest BCUT2D eigenvalue weighted by Crippen LogP contribution is 2.35. The maximum Gasteiger partial charge on any atom is 0.277 e. The Labute approximate surface area is 223 Å². The maximum atomic E-state index is 12.5. The van der Waals surface area contributed by atoms with Gasteiger partial charge in [0.15, 0.2) is 6.61 Å². The number of nitrogens with zero attached hydrogens (tertiary/aromatic N) is 2. The molecule has 0 unspecified atom stereocenters. The van der Waals surface area contributed by atoms with Gasteiger partial charge in [-0.2, -0.15) is 5.10 Å². The summed E-state index contributed by atoms with van der Waals surface area (Å²) < 4.78 is 7.91. The highest BCUT2D eigenvalue weighted by Gasteiger charge is 2.18. The van der Waals surface area contributed by atoms with E-state index >= 15 is 0 Å². The van der Waals surface area contributed by atoms with Gasteiger partial charge in [-0.1, -0.05) is 99.6 Å². The molecule has 1 heterocycles. The summed E-state index contributed by atoms with van der Waals surface area (Å²) in [6.45, 7) is 6.36. The zero-order chi connectivity index (χ0) is 26.5. The number of hydrazone groups is 1. The van der Waals surface area contributed by atoms with Crippen LogP contribution in [-0.2, 0) is 10.2 Å². The van der Waals surface area contributed by atoms with Crippen LogP contribution in [0.4, 0.5) is 0 Å². The fraction of sp³-hybridized carbons (Fsp3) is 0.152. The Balaban J connectivity index is 1.41. The largest absolute Gasteiger partial charge is 0.484 e. The van der Waals surface area contributed by atoms with E-state index in [1.54, 1.807) is 6.21 Å². The number of ether oxygens (including phenoxy) is 1. The van der Waals surface area contributed by atoms with Crippen molar-refractivity contribution in [2.24, 2.45) is 5.10 Å². The lowest BCUT2D eigenvalue weighted by Crippen LogP contribution is -2.24. The van der Waals surface area contributed by atoms with Crippen LogP contribution in [0.3, 0.4) is 0 Å². The molecular weight excluding hydrogens is 470 g/mol. The molecule has 5 rings (SSSR count). The summed E-state index contributed by atoms with van der Waals surface area (Å²) >= 11 is 0. The van der Waals surface area contributed by atoms with Gasteiger partial charge in [0.05, 0.1) is 17.4 Å². The van der Waals surface area contributed by atoms with Crippen LogP contribution >= 0.6 is 0 Å². The number of fused-ring (bicyclic) bond motifs is 1. The summed E-state index contributed by atoms with van der Waals surface area (Å²) in [6, 6.07) is 36.5.